The quantitative estimate of drug-likeness (QED) is 0.322. The Morgan fingerprint density at radius 1 is 1.30 bits per heavy atom. The fourth-order valence-electron chi connectivity index (χ4n) is 2.37. The molecule has 0 amide bonds. The largest absolute Gasteiger partial charge is 1.00 e. The average Bonchev–Trinajstić information content (AvgIpc) is 2.45. The molecule has 0 fully saturated rings. The van der Waals surface area contributed by atoms with Gasteiger partial charge in [-0.05, 0) is 33.1 Å². The molecule has 0 spiro atoms. The molecule has 0 atom stereocenters. The molecule has 23 heavy (non-hydrogen) atoms. The van der Waals surface area contributed by atoms with E-state index in [2.05, 4.69) is 10.2 Å². The third-order valence-corrected chi connectivity index (χ3v) is 3.43. The van der Waals surface area contributed by atoms with E-state index in [-0.39, 0.29) is 35.4 Å². The molecule has 0 aliphatic heterocycles. The zero-order valence-electron chi connectivity index (χ0n) is 13.5. The van der Waals surface area contributed by atoms with Crippen LogP contribution in [0.4, 0.5) is 11.4 Å². The maximum atomic E-state index is 11.3. The van der Waals surface area contributed by atoms with E-state index in [1.54, 1.807) is 12.1 Å². The first-order chi connectivity index (χ1) is 10.0. The molecule has 6 nitrogen and oxygen atoms in total. The number of aryl methyl sites for hydroxylation is 1. The Hall–Kier alpha value is -1.63. The average molecular weight is 361 g/mol. The van der Waals surface area contributed by atoms with Crippen LogP contribution in [0.5, 0.6) is 0 Å². The summed E-state index contributed by atoms with van der Waals surface area (Å²) in [5, 5.41) is 15.2. The van der Waals surface area contributed by atoms with E-state index in [0.29, 0.717) is 5.39 Å². The highest BCUT2D eigenvalue weighted by molar-refractivity contribution is 5.96. The summed E-state index contributed by atoms with van der Waals surface area (Å²) in [6.45, 7) is 1.76. The standard InChI is InChI=1S/C15H20N4O2.2ClH/c1-17(2)10-5-9-16-12-8-11-18(3)13-6-4-7-14(15(12)13)19(20)21;;/h4,6-8,11H,5,9-10H2,1-3H3;2*1H. The molecule has 0 radical (unpaired) electrons. The highest BCUT2D eigenvalue weighted by Gasteiger charge is 2.20. The summed E-state index contributed by atoms with van der Waals surface area (Å²) in [7, 11) is 5.95. The number of anilines is 1. The van der Waals surface area contributed by atoms with Crippen LogP contribution in [-0.2, 0) is 7.05 Å². The van der Waals surface area contributed by atoms with Crippen molar-refractivity contribution in [2.45, 2.75) is 6.42 Å². The minimum atomic E-state index is -0.326. The van der Waals surface area contributed by atoms with Crippen molar-refractivity contribution < 1.29 is 21.9 Å². The molecule has 8 heteroatoms. The monoisotopic (exact) mass is 360 g/mol. The van der Waals surface area contributed by atoms with Crippen LogP contribution in [0.1, 0.15) is 6.42 Å². The van der Waals surface area contributed by atoms with Gasteiger partial charge in [0.05, 0.1) is 10.6 Å². The van der Waals surface area contributed by atoms with Gasteiger partial charge < -0.3 is 22.6 Å². The van der Waals surface area contributed by atoms with Gasteiger partial charge in [0.25, 0.3) is 5.69 Å². The van der Waals surface area contributed by atoms with Crippen LogP contribution in [0.25, 0.3) is 10.9 Å². The fraction of sp³-hybridized carbons (Fsp3) is 0.400. The number of rotatable bonds is 6. The van der Waals surface area contributed by atoms with E-state index in [0.717, 1.165) is 30.7 Å². The highest BCUT2D eigenvalue weighted by atomic mass is 35.5. The minimum absolute atomic E-state index is 0. The number of hydrogen-bond donors (Lipinski definition) is 1. The molecule has 1 heterocycles. The van der Waals surface area contributed by atoms with Crippen molar-refractivity contribution in [1.29, 1.82) is 0 Å². The third-order valence-electron chi connectivity index (χ3n) is 3.43. The number of nitro groups is 1. The number of hydrogen-bond acceptors (Lipinski definition) is 4. The first kappa shape index (κ1) is 21.4. The second kappa shape index (κ2) is 9.50. The molecule has 0 aliphatic carbocycles. The lowest BCUT2D eigenvalue weighted by Gasteiger charge is -2.11. The van der Waals surface area contributed by atoms with Crippen molar-refractivity contribution in [3.8, 4) is 0 Å². The van der Waals surface area contributed by atoms with Crippen LogP contribution >= 0.6 is 12.4 Å². The Morgan fingerprint density at radius 3 is 2.61 bits per heavy atom. The molecule has 1 aromatic heterocycles. The normalized spacial score (nSPS) is 10.1. The minimum Gasteiger partial charge on any atom is -1.00 e. The van der Waals surface area contributed by atoms with E-state index in [9.17, 15) is 10.1 Å². The van der Waals surface area contributed by atoms with Gasteiger partial charge in [-0.3, -0.25) is 10.1 Å². The molecular formula is C15H22Cl2N4O2. The van der Waals surface area contributed by atoms with Gasteiger partial charge in [0.2, 0.25) is 5.52 Å². The van der Waals surface area contributed by atoms with Crippen LogP contribution in [-0.4, -0.2) is 37.0 Å². The SMILES string of the molecule is CN(C)CCCNc1cc[n+](C)c2cccc([N+](=O)[O-])c12.Cl.[Cl-]. The van der Waals surface area contributed by atoms with Gasteiger partial charge in [0, 0.05) is 24.7 Å². The molecule has 2 aromatic rings. The third kappa shape index (κ3) is 5.20. The maximum absolute atomic E-state index is 11.3. The van der Waals surface area contributed by atoms with Crippen LogP contribution in [0, 0.1) is 10.1 Å². The van der Waals surface area contributed by atoms with Gasteiger partial charge >= 0.3 is 0 Å². The number of nitro benzene ring substituents is 1. The Bertz CT molecular complexity index is 665. The Labute approximate surface area is 148 Å². The van der Waals surface area contributed by atoms with Crippen LogP contribution in [0.15, 0.2) is 30.5 Å². The van der Waals surface area contributed by atoms with Gasteiger partial charge in [0.1, 0.15) is 12.4 Å². The first-order valence-electron chi connectivity index (χ1n) is 6.95. The van der Waals surface area contributed by atoms with Crippen LogP contribution in [0.3, 0.4) is 0 Å². The Morgan fingerprint density at radius 2 is 2.00 bits per heavy atom. The van der Waals surface area contributed by atoms with Crippen molar-refractivity contribution in [2.24, 2.45) is 7.05 Å². The summed E-state index contributed by atoms with van der Waals surface area (Å²) in [6.07, 6.45) is 2.90. The molecule has 2 rings (SSSR count). The van der Waals surface area contributed by atoms with Gasteiger partial charge in [-0.1, -0.05) is 0 Å². The van der Waals surface area contributed by atoms with Crippen molar-refractivity contribution in [2.75, 3.05) is 32.5 Å². The van der Waals surface area contributed by atoms with Gasteiger partial charge in [0.15, 0.2) is 6.20 Å². The second-order valence-electron chi connectivity index (χ2n) is 5.35. The molecule has 0 unspecified atom stereocenters. The van der Waals surface area contributed by atoms with Crippen molar-refractivity contribution in [3.05, 3.63) is 40.6 Å². The predicted molar refractivity (Wildman–Crippen MR) is 90.7 cm³/mol. The first-order valence-corrected chi connectivity index (χ1v) is 6.95. The molecule has 0 saturated heterocycles. The predicted octanol–water partition coefficient (Wildman–Crippen LogP) is -0.638. The van der Waals surface area contributed by atoms with Gasteiger partial charge in [-0.2, -0.15) is 0 Å². The van der Waals surface area contributed by atoms with Crippen LogP contribution in [0.2, 0.25) is 0 Å². The molecule has 0 bridgehead atoms. The molecule has 0 aliphatic rings. The second-order valence-corrected chi connectivity index (χ2v) is 5.35. The summed E-state index contributed by atoms with van der Waals surface area (Å²) < 4.78 is 1.90. The lowest BCUT2D eigenvalue weighted by Crippen LogP contribution is -3.00. The Kier molecular flexibility index (Phi) is 8.82. The lowest BCUT2D eigenvalue weighted by molar-refractivity contribution is -0.644. The number of nitrogens with one attached hydrogen (secondary N) is 1. The van der Waals surface area contributed by atoms with Gasteiger partial charge in [-0.25, -0.2) is 4.57 Å². The number of fused-ring (bicyclic) bond motifs is 1. The smallest absolute Gasteiger partial charge is 0.285 e. The topological polar surface area (TPSA) is 62.3 Å². The highest BCUT2D eigenvalue weighted by Crippen LogP contribution is 2.29. The summed E-state index contributed by atoms with van der Waals surface area (Å²) in [4.78, 5) is 13.1. The molecule has 128 valence electrons. The molecular weight excluding hydrogens is 339 g/mol. The summed E-state index contributed by atoms with van der Waals surface area (Å²) in [6, 6.07) is 7.06. The number of halogens is 2. The number of non-ortho nitro benzene ring substituents is 1. The fourth-order valence-corrected chi connectivity index (χ4v) is 2.37. The number of benzene rings is 1. The van der Waals surface area contributed by atoms with Gasteiger partial charge in [-0.15, -0.1) is 12.4 Å². The van der Waals surface area contributed by atoms with E-state index >= 15 is 0 Å². The molecule has 1 N–H and O–H groups in total. The van der Waals surface area contributed by atoms with E-state index < -0.39 is 0 Å². The van der Waals surface area contributed by atoms with Crippen molar-refractivity contribution in [1.82, 2.24) is 4.90 Å². The molecule has 0 saturated carbocycles. The number of pyridine rings is 1. The number of aromatic nitrogens is 1. The molecule has 1 aromatic carbocycles. The maximum Gasteiger partial charge on any atom is 0.285 e. The van der Waals surface area contributed by atoms with Crippen LogP contribution < -0.4 is 22.3 Å². The summed E-state index contributed by atoms with van der Waals surface area (Å²) in [5.74, 6) is 0. The zero-order chi connectivity index (χ0) is 15.4. The lowest BCUT2D eigenvalue weighted by atomic mass is 10.1. The van der Waals surface area contributed by atoms with E-state index in [1.807, 2.05) is 44.0 Å². The van der Waals surface area contributed by atoms with E-state index in [1.165, 1.54) is 0 Å². The zero-order valence-corrected chi connectivity index (χ0v) is 15.0. The van der Waals surface area contributed by atoms with Crippen molar-refractivity contribution >= 4 is 34.7 Å². The van der Waals surface area contributed by atoms with E-state index in [4.69, 9.17) is 0 Å². The number of nitrogens with zero attached hydrogens (tertiary/aromatic N) is 3. The van der Waals surface area contributed by atoms with Crippen molar-refractivity contribution in [3.63, 3.8) is 0 Å². The summed E-state index contributed by atoms with van der Waals surface area (Å²) in [5.41, 5.74) is 1.80. The Balaban J connectivity index is 0.00000242. The summed E-state index contributed by atoms with van der Waals surface area (Å²) >= 11 is 0.